The van der Waals surface area contributed by atoms with Gasteiger partial charge < -0.3 is 15.4 Å². The number of hydrogen-bond acceptors (Lipinski definition) is 7. The number of benzene rings is 2. The summed E-state index contributed by atoms with van der Waals surface area (Å²) in [7, 11) is 0. The Bertz CT molecular complexity index is 1360. The number of pyridine rings is 1. The summed E-state index contributed by atoms with van der Waals surface area (Å²) < 4.78 is 5.01. The number of esters is 1. The van der Waals surface area contributed by atoms with Crippen molar-refractivity contribution in [3.8, 4) is 0 Å². The molecular weight excluding hydrogens is 476 g/mol. The number of rotatable bonds is 6. The highest BCUT2D eigenvalue weighted by molar-refractivity contribution is 6.34. The molecule has 1 aliphatic rings. The first-order valence-electron chi connectivity index (χ1n) is 10.2. The van der Waals surface area contributed by atoms with Crippen molar-refractivity contribution in [2.45, 2.75) is 6.92 Å². The number of nitrogens with one attached hydrogen (secondary N) is 2. The number of carbonyl (C=O) groups excluding carboxylic acids is 5. The zero-order valence-electron chi connectivity index (χ0n) is 18.2. The van der Waals surface area contributed by atoms with Gasteiger partial charge in [0.15, 0.2) is 6.61 Å². The maximum absolute atomic E-state index is 12.9. The Kier molecular flexibility index (Phi) is 6.56. The van der Waals surface area contributed by atoms with Crippen LogP contribution in [0.25, 0.3) is 0 Å². The standard InChI is InChI=1S/C24H17ClN4O6/c1-13(30)27-16-4-6-17(7-5-16)29-22(32)18-8-2-14(10-19(18)23(29)33)24(34)35-12-21(31)28-20-9-3-15(25)11-26-20/h2-11H,12H2,1H3,(H,27,30)(H,26,28,31). The van der Waals surface area contributed by atoms with Gasteiger partial charge >= 0.3 is 5.97 Å². The molecule has 2 aromatic carbocycles. The van der Waals surface area contributed by atoms with Crippen LogP contribution in [0, 0.1) is 0 Å². The summed E-state index contributed by atoms with van der Waals surface area (Å²) in [5, 5.41) is 5.46. The molecule has 1 aromatic heterocycles. The van der Waals surface area contributed by atoms with Gasteiger partial charge in [0.25, 0.3) is 17.7 Å². The zero-order chi connectivity index (χ0) is 25.1. The summed E-state index contributed by atoms with van der Waals surface area (Å²) in [6, 6.07) is 13.2. The molecule has 0 radical (unpaired) electrons. The summed E-state index contributed by atoms with van der Waals surface area (Å²) in [6.45, 7) is 0.782. The number of anilines is 3. The lowest BCUT2D eigenvalue weighted by atomic mass is 10.1. The third-order valence-corrected chi connectivity index (χ3v) is 5.12. The molecule has 1 aliphatic heterocycles. The van der Waals surface area contributed by atoms with Gasteiger partial charge in [-0.1, -0.05) is 11.6 Å². The average molecular weight is 493 g/mol. The van der Waals surface area contributed by atoms with Crippen molar-refractivity contribution in [1.82, 2.24) is 4.98 Å². The van der Waals surface area contributed by atoms with Crippen molar-refractivity contribution in [2.24, 2.45) is 0 Å². The highest BCUT2D eigenvalue weighted by atomic mass is 35.5. The minimum Gasteiger partial charge on any atom is -0.452 e. The normalized spacial score (nSPS) is 12.2. The first-order chi connectivity index (χ1) is 16.7. The number of nitrogens with zero attached hydrogens (tertiary/aromatic N) is 2. The van der Waals surface area contributed by atoms with E-state index in [2.05, 4.69) is 15.6 Å². The number of carbonyl (C=O) groups is 5. The first-order valence-corrected chi connectivity index (χ1v) is 10.6. The smallest absolute Gasteiger partial charge is 0.338 e. The topological polar surface area (TPSA) is 135 Å². The highest BCUT2D eigenvalue weighted by Crippen LogP contribution is 2.30. The van der Waals surface area contributed by atoms with Gasteiger partial charge in [-0.15, -0.1) is 0 Å². The molecule has 2 heterocycles. The van der Waals surface area contributed by atoms with E-state index in [0.717, 1.165) is 4.90 Å². The molecule has 0 bridgehead atoms. The fraction of sp³-hybridized carbons (Fsp3) is 0.0833. The van der Waals surface area contributed by atoms with Crippen LogP contribution >= 0.6 is 11.6 Å². The van der Waals surface area contributed by atoms with Crippen LogP contribution in [0.1, 0.15) is 38.0 Å². The largest absolute Gasteiger partial charge is 0.452 e. The SMILES string of the molecule is CC(=O)Nc1ccc(N2C(=O)c3ccc(C(=O)OCC(=O)Nc4ccc(Cl)cn4)cc3C2=O)cc1. The predicted octanol–water partition coefficient (Wildman–Crippen LogP) is 3.29. The molecule has 176 valence electrons. The van der Waals surface area contributed by atoms with E-state index < -0.39 is 30.3 Å². The number of amides is 4. The summed E-state index contributed by atoms with van der Waals surface area (Å²) in [4.78, 5) is 66.3. The van der Waals surface area contributed by atoms with E-state index in [1.165, 1.54) is 49.5 Å². The fourth-order valence-electron chi connectivity index (χ4n) is 3.34. The van der Waals surface area contributed by atoms with E-state index in [0.29, 0.717) is 16.4 Å². The molecule has 0 saturated heterocycles. The van der Waals surface area contributed by atoms with Gasteiger partial charge in [0.05, 0.1) is 27.4 Å². The second-order valence-corrected chi connectivity index (χ2v) is 7.86. The minimum atomic E-state index is -0.842. The first kappa shape index (κ1) is 23.6. The van der Waals surface area contributed by atoms with Crippen molar-refractivity contribution in [1.29, 1.82) is 0 Å². The molecule has 0 aliphatic carbocycles. The van der Waals surface area contributed by atoms with Crippen LogP contribution in [0.2, 0.25) is 5.02 Å². The number of hydrogen-bond donors (Lipinski definition) is 2. The Hall–Kier alpha value is -4.57. The Morgan fingerprint density at radius 1 is 0.943 bits per heavy atom. The van der Waals surface area contributed by atoms with Crippen LogP contribution in [0.5, 0.6) is 0 Å². The van der Waals surface area contributed by atoms with E-state index >= 15 is 0 Å². The van der Waals surface area contributed by atoms with E-state index in [1.54, 1.807) is 18.2 Å². The number of fused-ring (bicyclic) bond motifs is 1. The molecule has 0 spiro atoms. The zero-order valence-corrected chi connectivity index (χ0v) is 19.0. The molecule has 10 nitrogen and oxygen atoms in total. The lowest BCUT2D eigenvalue weighted by Gasteiger charge is -2.14. The van der Waals surface area contributed by atoms with Gasteiger partial charge in [-0.2, -0.15) is 0 Å². The molecule has 0 saturated carbocycles. The van der Waals surface area contributed by atoms with Crippen LogP contribution in [0.4, 0.5) is 17.2 Å². The summed E-state index contributed by atoms with van der Waals surface area (Å²) >= 11 is 5.74. The van der Waals surface area contributed by atoms with Gasteiger partial charge in [-0.3, -0.25) is 19.2 Å². The van der Waals surface area contributed by atoms with Gasteiger partial charge in [0.1, 0.15) is 5.82 Å². The molecule has 0 unspecified atom stereocenters. The van der Waals surface area contributed by atoms with Gasteiger partial charge in [0, 0.05) is 18.8 Å². The monoisotopic (exact) mass is 492 g/mol. The van der Waals surface area contributed by atoms with Crippen molar-refractivity contribution in [3.05, 3.63) is 82.5 Å². The highest BCUT2D eigenvalue weighted by Gasteiger charge is 2.37. The Morgan fingerprint density at radius 2 is 1.66 bits per heavy atom. The molecule has 35 heavy (non-hydrogen) atoms. The second kappa shape index (κ2) is 9.74. The average Bonchev–Trinajstić information content (AvgIpc) is 3.08. The Labute approximate surface area is 203 Å². The Morgan fingerprint density at radius 3 is 2.31 bits per heavy atom. The lowest BCUT2D eigenvalue weighted by Crippen LogP contribution is -2.29. The number of halogens is 1. The van der Waals surface area contributed by atoms with Gasteiger partial charge in [0.2, 0.25) is 5.91 Å². The van der Waals surface area contributed by atoms with Crippen LogP contribution in [-0.4, -0.2) is 41.2 Å². The maximum atomic E-state index is 12.9. The van der Waals surface area contributed by atoms with E-state index in [9.17, 15) is 24.0 Å². The van der Waals surface area contributed by atoms with Gasteiger partial charge in [-0.25, -0.2) is 14.7 Å². The number of aromatic nitrogens is 1. The van der Waals surface area contributed by atoms with Crippen LogP contribution in [0.15, 0.2) is 60.8 Å². The third-order valence-electron chi connectivity index (χ3n) is 4.90. The molecule has 0 fully saturated rings. The summed E-state index contributed by atoms with van der Waals surface area (Å²) in [5.74, 6) is -2.63. The van der Waals surface area contributed by atoms with Crippen molar-refractivity contribution < 1.29 is 28.7 Å². The van der Waals surface area contributed by atoms with Crippen LogP contribution in [0.3, 0.4) is 0 Å². The minimum absolute atomic E-state index is 0.00479. The molecular formula is C24H17ClN4O6. The number of ether oxygens (including phenoxy) is 1. The van der Waals surface area contributed by atoms with Gasteiger partial charge in [-0.05, 0) is 54.6 Å². The lowest BCUT2D eigenvalue weighted by molar-refractivity contribution is -0.119. The molecule has 11 heteroatoms. The van der Waals surface area contributed by atoms with Crippen LogP contribution < -0.4 is 15.5 Å². The molecule has 3 aromatic rings. The van der Waals surface area contributed by atoms with Crippen molar-refractivity contribution in [3.63, 3.8) is 0 Å². The Balaban J connectivity index is 1.43. The summed E-state index contributed by atoms with van der Waals surface area (Å²) in [5.41, 5.74) is 0.986. The molecule has 2 N–H and O–H groups in total. The maximum Gasteiger partial charge on any atom is 0.338 e. The van der Waals surface area contributed by atoms with E-state index in [1.807, 2.05) is 0 Å². The fourth-order valence-corrected chi connectivity index (χ4v) is 3.45. The predicted molar refractivity (Wildman–Crippen MR) is 126 cm³/mol. The number of imide groups is 1. The summed E-state index contributed by atoms with van der Waals surface area (Å²) in [6.07, 6.45) is 1.35. The molecule has 4 rings (SSSR count). The van der Waals surface area contributed by atoms with Crippen molar-refractivity contribution >= 4 is 58.4 Å². The molecule has 0 atom stereocenters. The van der Waals surface area contributed by atoms with Crippen molar-refractivity contribution in [2.75, 3.05) is 22.1 Å². The quantitative estimate of drug-likeness (QED) is 0.398. The molecule has 4 amide bonds. The van der Waals surface area contributed by atoms with Crippen LogP contribution in [-0.2, 0) is 14.3 Å². The van der Waals surface area contributed by atoms with E-state index in [4.69, 9.17) is 16.3 Å². The second-order valence-electron chi connectivity index (χ2n) is 7.42. The van der Waals surface area contributed by atoms with E-state index in [-0.39, 0.29) is 28.4 Å². The third kappa shape index (κ3) is 5.17.